The fourth-order valence-corrected chi connectivity index (χ4v) is 15.2. The summed E-state index contributed by atoms with van der Waals surface area (Å²) < 4.78 is 97.1. The molecule has 126 heavy (non-hydrogen) atoms. The zero-order valence-corrected chi connectivity index (χ0v) is 81.7. The van der Waals surface area contributed by atoms with Crippen LogP contribution in [-0.2, 0) is 49.2 Å². The molecule has 6 aromatic rings. The van der Waals surface area contributed by atoms with Gasteiger partial charge in [0.15, 0.2) is 5.78 Å². The van der Waals surface area contributed by atoms with Gasteiger partial charge in [0.25, 0.3) is 5.56 Å². The van der Waals surface area contributed by atoms with Crippen molar-refractivity contribution in [3.05, 3.63) is 193 Å². The third kappa shape index (κ3) is 36.1. The maximum atomic E-state index is 15.0. The number of Topliss-reactive ketones (excluding diaryl/α,β-unsaturated/α-hetero) is 1. The van der Waals surface area contributed by atoms with Gasteiger partial charge in [-0.1, -0.05) is 110 Å². The summed E-state index contributed by atoms with van der Waals surface area (Å²) >= 11 is 9.19. The van der Waals surface area contributed by atoms with Crippen molar-refractivity contribution >= 4 is 127 Å². The minimum Gasteiger partial charge on any atom is -0.444 e. The summed E-state index contributed by atoms with van der Waals surface area (Å²) in [5.74, 6) is -0.278. The van der Waals surface area contributed by atoms with Crippen LogP contribution in [0.1, 0.15) is 235 Å². The summed E-state index contributed by atoms with van der Waals surface area (Å²) in [5, 5.41) is 25.5. The summed E-state index contributed by atoms with van der Waals surface area (Å²) in [6.45, 7) is 16.6. The maximum absolute atomic E-state index is 15.0. The van der Waals surface area contributed by atoms with Crippen molar-refractivity contribution in [1.29, 1.82) is 1.28 Å². The van der Waals surface area contributed by atoms with E-state index in [9.17, 15) is 66.1 Å². The normalized spacial score (nSPS) is 19.9. The van der Waals surface area contributed by atoms with Crippen LogP contribution < -0.4 is 27.5 Å². The number of nitrogens with two attached hydrogens (primary N) is 1. The number of carbonyl (C=O) groups excluding carboxylic acids is 6. The molecule has 7 aliphatic rings. The number of aliphatic hydroxyl groups excluding tert-OH is 2. The van der Waals surface area contributed by atoms with Crippen molar-refractivity contribution in [3.8, 4) is 0 Å². The maximum Gasteiger partial charge on any atom is 0.411 e. The van der Waals surface area contributed by atoms with Gasteiger partial charge in [0.05, 0.1) is 80.6 Å². The second kappa shape index (κ2) is 51.6. The van der Waals surface area contributed by atoms with E-state index in [0.717, 1.165) is 73.5 Å². The van der Waals surface area contributed by atoms with E-state index < -0.39 is 100 Å². The zero-order valence-electron chi connectivity index (χ0n) is 75.0. The van der Waals surface area contributed by atoms with E-state index in [0.29, 0.717) is 36.7 Å². The number of anilines is 3. The highest BCUT2D eigenvalue weighted by atomic mass is 80.9. The Morgan fingerprint density at radius 3 is 1.31 bits per heavy atom. The van der Waals surface area contributed by atoms with Crippen LogP contribution in [0.2, 0.25) is 0 Å². The van der Waals surface area contributed by atoms with E-state index >= 15 is 0 Å². The molecule has 7 fully saturated rings. The lowest BCUT2D eigenvalue weighted by Crippen LogP contribution is -2.45. The number of H-pyrrole nitrogens is 1. The molecule has 2 aromatic heterocycles. The number of nitrogen functional groups attached to an aromatic ring is 1. The second-order valence-corrected chi connectivity index (χ2v) is 36.8. The highest BCUT2D eigenvalue weighted by Gasteiger charge is 2.45. The number of ketones is 1. The van der Waals surface area contributed by atoms with Crippen molar-refractivity contribution in [2.24, 2.45) is 23.7 Å². The average Bonchev–Trinajstić information content (AvgIpc) is 0.916. The highest BCUT2D eigenvalue weighted by molar-refractivity contribution is 9.93. The van der Waals surface area contributed by atoms with Gasteiger partial charge in [0, 0.05) is 105 Å². The minimum atomic E-state index is -0.845. The van der Waals surface area contributed by atoms with Crippen molar-refractivity contribution in [1.82, 2.24) is 24.3 Å². The SMILES string of the molecule is BrBr.CO[C@@H]1C[C@H](C(=O)Cc2cc(C(CCC3CC3)n3ccccc3=O)ccc2F)N(C(=O)OC(C)(C)C)C1.CO[C@@H]1C[C@H](C(=O)Nc2cc(C(Br)CCC3CC3)ccc2F)N(C(=O)OC(C)(C)C)C1.CO[C@@H]1C[C@H](C(=O)Nc2cc(C(O)CCC3CC3)ccc2F)N(C(=O)OC(C)(C)C)C1.Cl.Nc1cc(C(O)CCC2CC2)ccc1F.O=c1cccc[nH]1.[3H]PP. The standard InChI is InChI=1S/C29H37FN2O5.C23H32BrFN2O4.C23H33FN2O5.C12H16FNO.C5H5NO.Br2.ClH.H4P2/c1-29(2,3)37-28(35)32-18-22(36-4)17-25(32)26(33)16-21-15-20(11-12-23(21)30)24(13-10-19-8-9-19)31-14-6-5-7-27(31)34;1-23(2,3)31-22(29)27-13-16(30-4)12-20(27)21(28)26-19-11-15(8-10-18(19)25)17(24)9-7-14-5-6-14;1-23(2,3)31-22(29)26-13-16(30-4)12-19(26)21(28)25-18-11-15(8-9-17(18)24)20(27)10-7-14-5-6-14;13-10-5-4-9(7-11(10)14)12(15)6-3-8-1-2-8;7-5-3-1-2-4-6-5;1-2;;1-2/h5-7,11-12,14-15,19,22,24-25H,8-10,13,16-18H2,1-4H3;8,10-11,14,16-17,20H,5-7,9,12-13H2,1-4H3,(H,26,28);8-9,11,14,16,19-20,27H,5-7,10,12-13H2,1-4H3,(H,25,28);4-5,7-8,12,15H,1-3,6,14H2;1-4H,(H,6,7);;1H;1-2H2/t22-,24?,25-;16-,17?,20-;16-,19-,20?;;;;;/m111...../s1/i;;;;;;;1T. The molecule has 0 spiro atoms. The van der Waals surface area contributed by atoms with E-state index in [2.05, 4.69) is 68.7 Å². The first kappa shape index (κ1) is 106. The third-order valence-electron chi connectivity index (χ3n) is 22.1. The lowest BCUT2D eigenvalue weighted by atomic mass is 9.95. The number of aromatic amines is 1. The number of methoxy groups -OCH3 is 3. The van der Waals surface area contributed by atoms with E-state index in [1.165, 1.54) is 128 Å². The number of aromatic nitrogens is 2. The fourth-order valence-electron chi connectivity index (χ4n) is 14.6. The Labute approximate surface area is 774 Å². The van der Waals surface area contributed by atoms with Gasteiger partial charge in [-0.2, -0.15) is 0 Å². The molecular formula is C92H128Br3ClF4N8O16P2. The van der Waals surface area contributed by atoms with Crippen molar-refractivity contribution in [3.63, 3.8) is 0 Å². The Morgan fingerprint density at radius 2 is 0.913 bits per heavy atom. The molecule has 5 heterocycles. The number of nitrogens with one attached hydrogen (secondary N) is 3. The average molecular weight is 2020 g/mol. The number of ether oxygens (including phenoxy) is 6. The first-order chi connectivity index (χ1) is 59.7. The summed E-state index contributed by atoms with van der Waals surface area (Å²) in [4.78, 5) is 107. The Kier molecular flexibility index (Phi) is 43.5. The highest BCUT2D eigenvalue weighted by Crippen LogP contribution is 2.42. The van der Waals surface area contributed by atoms with Gasteiger partial charge in [-0.3, -0.25) is 38.7 Å². The van der Waals surface area contributed by atoms with Crippen LogP contribution in [0.4, 0.5) is 49.0 Å². The van der Waals surface area contributed by atoms with Gasteiger partial charge < -0.3 is 64.6 Å². The number of pyridine rings is 2. The monoisotopic (exact) mass is 2010 g/mol. The minimum absolute atomic E-state index is 0. The molecule has 5 amide bonds. The van der Waals surface area contributed by atoms with E-state index in [4.69, 9.17) is 35.4 Å². The van der Waals surface area contributed by atoms with Gasteiger partial charge in [-0.25, -0.2) is 31.9 Å². The van der Waals surface area contributed by atoms with E-state index in [1.54, 1.807) is 142 Å². The smallest absolute Gasteiger partial charge is 0.411 e. The number of hydrogen-bond donors (Lipinski definition) is 6. The summed E-state index contributed by atoms with van der Waals surface area (Å²) in [6.07, 6.45) is 17.4. The Balaban J connectivity index is 0.000000256. The first-order valence-corrected chi connectivity index (χ1v) is 49.6. The van der Waals surface area contributed by atoms with Crippen LogP contribution in [0.5, 0.6) is 0 Å². The van der Waals surface area contributed by atoms with Crippen molar-refractivity contribution < 1.29 is 85.0 Å². The number of carbonyl (C=O) groups is 6. The number of alkyl halides is 1. The van der Waals surface area contributed by atoms with Crippen LogP contribution in [0, 0.1) is 46.9 Å². The molecule has 7 N–H and O–H groups in total. The molecule has 4 aromatic carbocycles. The van der Waals surface area contributed by atoms with Crippen LogP contribution >= 0.6 is 74.4 Å². The largest absolute Gasteiger partial charge is 0.444 e. The topological polar surface area (TPSA) is 313 Å². The number of likely N-dealkylation sites (tertiary alicyclic amines) is 3. The molecule has 4 aliphatic carbocycles. The number of aliphatic hydroxyl groups is 2. The van der Waals surface area contributed by atoms with Crippen LogP contribution in [-0.4, -0.2) is 166 Å². The number of hydrogen-bond acceptors (Lipinski definition) is 17. The first-order valence-electron chi connectivity index (χ1n) is 43.1. The van der Waals surface area contributed by atoms with Gasteiger partial charge in [0.2, 0.25) is 17.4 Å². The van der Waals surface area contributed by atoms with Crippen LogP contribution in [0.15, 0.2) is 131 Å². The van der Waals surface area contributed by atoms with Gasteiger partial charge in [-0.05, 0) is 220 Å². The number of benzene rings is 4. The van der Waals surface area contributed by atoms with Gasteiger partial charge in [0.1, 0.15) is 52.2 Å². The number of amides is 5. The van der Waals surface area contributed by atoms with E-state index in [-0.39, 0.29) is 122 Å². The lowest BCUT2D eigenvalue weighted by Gasteiger charge is -2.28. The molecule has 6 unspecified atom stereocenters. The summed E-state index contributed by atoms with van der Waals surface area (Å²) in [6, 6.07) is 25.5. The molecular weight excluding hydrogens is 1890 g/mol. The fraction of sp³-hybridized carbons (Fsp3) is 0.565. The molecule has 698 valence electrons. The van der Waals surface area contributed by atoms with Gasteiger partial charge in [-0.15, -0.1) is 30.2 Å². The lowest BCUT2D eigenvalue weighted by molar-refractivity contribution is -0.123. The molecule has 4 saturated carbocycles. The van der Waals surface area contributed by atoms with Crippen molar-refractivity contribution in [2.45, 2.75) is 267 Å². The molecule has 34 heteroatoms. The Hall–Kier alpha value is -6.89. The molecule has 0 radical (unpaired) electrons. The quantitative estimate of drug-likeness (QED) is 0.00917. The number of rotatable bonds is 27. The van der Waals surface area contributed by atoms with Gasteiger partial charge >= 0.3 is 18.3 Å². The zero-order chi connectivity index (χ0) is 92.9. The third-order valence-corrected chi connectivity index (χ3v) is 23.1. The van der Waals surface area contributed by atoms with Crippen molar-refractivity contribution in [2.75, 3.05) is 57.3 Å². The second-order valence-electron chi connectivity index (χ2n) is 35.7. The molecule has 0 bridgehead atoms. The summed E-state index contributed by atoms with van der Waals surface area (Å²) in [7, 11) is 7.13. The molecule has 12 atom stereocenters. The van der Waals surface area contributed by atoms with Crippen LogP contribution in [0.3, 0.4) is 0 Å². The predicted molar refractivity (Wildman–Crippen MR) is 502 cm³/mol. The molecule has 3 aliphatic heterocycles. The Bertz CT molecular complexity index is 4490. The van der Waals surface area contributed by atoms with Crippen LogP contribution in [0.25, 0.3) is 0 Å². The number of halogens is 8. The number of nitrogens with zero attached hydrogens (tertiary/aromatic N) is 4. The summed E-state index contributed by atoms with van der Waals surface area (Å²) in [5.41, 5.74) is 6.62. The Morgan fingerprint density at radius 1 is 0.532 bits per heavy atom. The van der Waals surface area contributed by atoms with E-state index in [1.807, 2.05) is 6.07 Å². The molecule has 24 nitrogen and oxygen atoms in total. The predicted octanol–water partition coefficient (Wildman–Crippen LogP) is 20.1. The molecule has 3 saturated heterocycles. The molecule has 13 rings (SSSR count).